The summed E-state index contributed by atoms with van der Waals surface area (Å²) in [6, 6.07) is 16.1. The van der Waals surface area contributed by atoms with E-state index in [0.717, 1.165) is 16.3 Å². The van der Waals surface area contributed by atoms with E-state index in [2.05, 4.69) is 10.7 Å². The van der Waals surface area contributed by atoms with Gasteiger partial charge in [0, 0.05) is 6.42 Å². The van der Waals surface area contributed by atoms with Gasteiger partial charge in [-0.1, -0.05) is 42.5 Å². The molecule has 1 atom stereocenters. The van der Waals surface area contributed by atoms with Crippen LogP contribution in [0.1, 0.15) is 37.3 Å². The number of ether oxygens (including phenoxy) is 1. The van der Waals surface area contributed by atoms with Crippen molar-refractivity contribution < 1.29 is 19.1 Å². The van der Waals surface area contributed by atoms with Gasteiger partial charge in [-0.25, -0.2) is 4.79 Å². The molecular weight excluding hydrogens is 370 g/mol. The SMILES string of the molecule is Cc1cccc(OCCCCC(=O)NN2C(=O)NC(C)(c3ccccc3)C2=O)c1. The summed E-state index contributed by atoms with van der Waals surface area (Å²) in [4.78, 5) is 37.2. The van der Waals surface area contributed by atoms with Gasteiger partial charge >= 0.3 is 6.03 Å². The van der Waals surface area contributed by atoms with Gasteiger partial charge < -0.3 is 10.1 Å². The molecule has 1 heterocycles. The third-order valence-corrected chi connectivity index (χ3v) is 4.83. The molecule has 4 amide bonds. The standard InChI is InChI=1S/C22H25N3O4/c1-16-9-8-12-18(15-16)29-14-7-6-13-19(26)24-25-20(27)22(2,23-21(25)28)17-10-4-3-5-11-17/h3-5,8-12,15H,6-7,13-14H2,1-2H3,(H,23,28)(H,24,26). The van der Waals surface area contributed by atoms with Crippen LogP contribution in [0.5, 0.6) is 5.75 Å². The van der Waals surface area contributed by atoms with Gasteiger partial charge in [0.15, 0.2) is 0 Å². The Bertz CT molecular complexity index is 900. The lowest BCUT2D eigenvalue weighted by molar-refractivity contribution is -0.139. The summed E-state index contributed by atoms with van der Waals surface area (Å²) in [5.74, 6) is -0.0971. The molecule has 0 aliphatic carbocycles. The van der Waals surface area contributed by atoms with E-state index in [1.54, 1.807) is 31.2 Å². The molecular formula is C22H25N3O4. The molecule has 7 nitrogen and oxygen atoms in total. The van der Waals surface area contributed by atoms with Gasteiger partial charge in [0.1, 0.15) is 11.3 Å². The summed E-state index contributed by atoms with van der Waals surface area (Å²) in [6.45, 7) is 4.11. The highest BCUT2D eigenvalue weighted by molar-refractivity contribution is 6.08. The predicted molar refractivity (Wildman–Crippen MR) is 108 cm³/mol. The summed E-state index contributed by atoms with van der Waals surface area (Å²) in [5, 5.41) is 3.42. The molecule has 7 heteroatoms. The van der Waals surface area contributed by atoms with Crippen molar-refractivity contribution in [2.24, 2.45) is 0 Å². The minimum atomic E-state index is -1.20. The second-order valence-electron chi connectivity index (χ2n) is 7.22. The van der Waals surface area contributed by atoms with E-state index in [1.165, 1.54) is 0 Å². The number of amides is 4. The number of hydrogen-bond donors (Lipinski definition) is 2. The van der Waals surface area contributed by atoms with Crippen molar-refractivity contribution in [1.29, 1.82) is 0 Å². The molecule has 1 saturated heterocycles. The second-order valence-corrected chi connectivity index (χ2v) is 7.22. The number of imide groups is 1. The molecule has 0 bridgehead atoms. The van der Waals surface area contributed by atoms with Crippen molar-refractivity contribution in [1.82, 2.24) is 15.8 Å². The zero-order chi connectivity index (χ0) is 20.9. The minimum Gasteiger partial charge on any atom is -0.494 e. The highest BCUT2D eigenvalue weighted by atomic mass is 16.5. The van der Waals surface area contributed by atoms with Crippen molar-refractivity contribution in [2.45, 2.75) is 38.6 Å². The highest BCUT2D eigenvalue weighted by Crippen LogP contribution is 2.27. The average molecular weight is 395 g/mol. The lowest BCUT2D eigenvalue weighted by Gasteiger charge is -2.22. The van der Waals surface area contributed by atoms with E-state index in [9.17, 15) is 14.4 Å². The molecule has 29 heavy (non-hydrogen) atoms. The molecule has 0 spiro atoms. The van der Waals surface area contributed by atoms with Gasteiger partial charge in [0.25, 0.3) is 5.91 Å². The molecule has 2 N–H and O–H groups in total. The third-order valence-electron chi connectivity index (χ3n) is 4.83. The largest absolute Gasteiger partial charge is 0.494 e. The summed E-state index contributed by atoms with van der Waals surface area (Å²) in [5.41, 5.74) is 2.99. The number of urea groups is 1. The van der Waals surface area contributed by atoms with Crippen LogP contribution in [-0.4, -0.2) is 29.5 Å². The van der Waals surface area contributed by atoms with Crippen molar-refractivity contribution in [3.8, 4) is 5.75 Å². The Kier molecular flexibility index (Phi) is 6.16. The maximum atomic E-state index is 12.7. The highest BCUT2D eigenvalue weighted by Gasteiger charge is 2.49. The Labute approximate surface area is 170 Å². The fourth-order valence-electron chi connectivity index (χ4n) is 3.17. The lowest BCUT2D eigenvalue weighted by Crippen LogP contribution is -2.47. The smallest absolute Gasteiger partial charge is 0.344 e. The van der Waals surface area contributed by atoms with Crippen molar-refractivity contribution in [2.75, 3.05) is 6.61 Å². The molecule has 0 radical (unpaired) electrons. The van der Waals surface area contributed by atoms with Gasteiger partial charge in [-0.2, -0.15) is 5.01 Å². The molecule has 2 aromatic rings. The molecule has 152 valence electrons. The first-order chi connectivity index (χ1) is 13.9. The van der Waals surface area contributed by atoms with Crippen molar-refractivity contribution in [3.05, 3.63) is 65.7 Å². The summed E-state index contributed by atoms with van der Waals surface area (Å²) >= 11 is 0. The van der Waals surface area contributed by atoms with Gasteiger partial charge in [0.05, 0.1) is 6.61 Å². The molecule has 3 rings (SSSR count). The molecule has 1 aliphatic rings. The van der Waals surface area contributed by atoms with E-state index in [1.807, 2.05) is 37.3 Å². The van der Waals surface area contributed by atoms with Crippen LogP contribution in [0.25, 0.3) is 0 Å². The minimum absolute atomic E-state index is 0.191. The van der Waals surface area contributed by atoms with Crippen LogP contribution in [-0.2, 0) is 15.1 Å². The van der Waals surface area contributed by atoms with E-state index in [0.29, 0.717) is 25.0 Å². The molecule has 0 aromatic heterocycles. The second kappa shape index (κ2) is 8.77. The summed E-state index contributed by atoms with van der Waals surface area (Å²) in [6.07, 6.45) is 1.46. The monoisotopic (exact) mass is 395 g/mol. The van der Waals surface area contributed by atoms with Crippen LogP contribution in [0, 0.1) is 6.92 Å². The van der Waals surface area contributed by atoms with E-state index < -0.39 is 17.5 Å². The van der Waals surface area contributed by atoms with Gasteiger partial charge in [-0.15, -0.1) is 0 Å². The van der Waals surface area contributed by atoms with Crippen LogP contribution in [0.2, 0.25) is 0 Å². The number of rotatable bonds is 8. The predicted octanol–water partition coefficient (Wildman–Crippen LogP) is 3.04. The Morgan fingerprint density at radius 2 is 1.86 bits per heavy atom. The Balaban J connectivity index is 1.45. The van der Waals surface area contributed by atoms with E-state index >= 15 is 0 Å². The van der Waals surface area contributed by atoms with E-state index in [4.69, 9.17) is 4.74 Å². The number of nitrogens with zero attached hydrogens (tertiary/aromatic N) is 1. The number of hydrogen-bond acceptors (Lipinski definition) is 4. The maximum Gasteiger partial charge on any atom is 0.344 e. The molecule has 0 saturated carbocycles. The average Bonchev–Trinajstić information content (AvgIpc) is 2.92. The van der Waals surface area contributed by atoms with Gasteiger partial charge in [-0.05, 0) is 49.9 Å². The topological polar surface area (TPSA) is 87.7 Å². The number of carbonyl (C=O) groups is 3. The Morgan fingerprint density at radius 1 is 1.10 bits per heavy atom. The number of hydrazine groups is 1. The van der Waals surface area contributed by atoms with Gasteiger partial charge in [0.2, 0.25) is 5.91 Å². The Morgan fingerprint density at radius 3 is 2.59 bits per heavy atom. The zero-order valence-electron chi connectivity index (χ0n) is 16.6. The number of nitrogens with one attached hydrogen (secondary N) is 2. The number of benzene rings is 2. The first-order valence-electron chi connectivity index (χ1n) is 9.61. The first kappa shape index (κ1) is 20.4. The van der Waals surface area contributed by atoms with Crippen LogP contribution >= 0.6 is 0 Å². The fraction of sp³-hybridized carbons (Fsp3) is 0.318. The maximum absolute atomic E-state index is 12.7. The van der Waals surface area contributed by atoms with Gasteiger partial charge in [-0.3, -0.25) is 15.0 Å². The number of unbranched alkanes of at least 4 members (excludes halogenated alkanes) is 1. The molecule has 2 aromatic carbocycles. The molecule has 1 aliphatic heterocycles. The van der Waals surface area contributed by atoms with E-state index in [-0.39, 0.29) is 12.3 Å². The van der Waals surface area contributed by atoms with Crippen molar-refractivity contribution in [3.63, 3.8) is 0 Å². The van der Waals surface area contributed by atoms with Crippen LogP contribution in [0.3, 0.4) is 0 Å². The molecule has 1 unspecified atom stereocenters. The van der Waals surface area contributed by atoms with Crippen LogP contribution in [0.4, 0.5) is 4.79 Å². The third kappa shape index (κ3) is 4.74. The quantitative estimate of drug-likeness (QED) is 0.531. The number of carbonyl (C=O) groups excluding carboxylic acids is 3. The summed E-state index contributed by atoms with van der Waals surface area (Å²) < 4.78 is 5.65. The number of aryl methyl sites for hydroxylation is 1. The lowest BCUT2D eigenvalue weighted by atomic mass is 9.92. The van der Waals surface area contributed by atoms with Crippen molar-refractivity contribution >= 4 is 17.8 Å². The van der Waals surface area contributed by atoms with Crippen LogP contribution < -0.4 is 15.5 Å². The zero-order valence-corrected chi connectivity index (χ0v) is 16.6. The molecule has 1 fully saturated rings. The summed E-state index contributed by atoms with van der Waals surface area (Å²) in [7, 11) is 0. The first-order valence-corrected chi connectivity index (χ1v) is 9.61. The Hall–Kier alpha value is -3.35. The van der Waals surface area contributed by atoms with Crippen LogP contribution in [0.15, 0.2) is 54.6 Å². The fourth-order valence-corrected chi connectivity index (χ4v) is 3.17. The normalized spacial score (nSPS) is 18.5.